The lowest BCUT2D eigenvalue weighted by Gasteiger charge is -2.39. The van der Waals surface area contributed by atoms with Gasteiger partial charge in [-0.1, -0.05) is 35.8 Å². The van der Waals surface area contributed by atoms with Crippen molar-refractivity contribution in [1.29, 1.82) is 0 Å². The summed E-state index contributed by atoms with van der Waals surface area (Å²) in [6.07, 6.45) is 10.4. The standard InChI is InChI=1S/C25H28N8O2/c26-24-27-14-19(15-28-24)18-2-4-21(5-3-18)25(6-1-7-25)23-30-22(35-31-23)20-16-29-33(17-20)9-8-32-10-12-34-13-11-32/h2-5,14-17H,1,6-13H2,(H2,26,27,28). The number of nitrogens with two attached hydrogens (primary N) is 1. The summed E-state index contributed by atoms with van der Waals surface area (Å²) in [4.78, 5) is 15.4. The van der Waals surface area contributed by atoms with Crippen molar-refractivity contribution in [3.8, 4) is 22.6 Å². The Bertz CT molecular complexity index is 1270. The fourth-order valence-corrected chi connectivity index (χ4v) is 4.84. The van der Waals surface area contributed by atoms with Gasteiger partial charge in [-0.2, -0.15) is 10.1 Å². The average Bonchev–Trinajstić information content (AvgIpc) is 3.54. The number of hydrogen-bond donors (Lipinski definition) is 1. The number of hydrogen-bond acceptors (Lipinski definition) is 9. The molecule has 1 aromatic carbocycles. The van der Waals surface area contributed by atoms with Gasteiger partial charge in [0.15, 0.2) is 5.82 Å². The van der Waals surface area contributed by atoms with E-state index in [2.05, 4.69) is 49.4 Å². The topological polar surface area (TPSA) is 121 Å². The number of morpholine rings is 1. The van der Waals surface area contributed by atoms with Gasteiger partial charge >= 0.3 is 0 Å². The minimum Gasteiger partial charge on any atom is -0.379 e. The molecule has 35 heavy (non-hydrogen) atoms. The van der Waals surface area contributed by atoms with Gasteiger partial charge < -0.3 is 15.0 Å². The molecule has 10 nitrogen and oxygen atoms in total. The van der Waals surface area contributed by atoms with Crippen LogP contribution in [0.2, 0.25) is 0 Å². The molecule has 4 aromatic rings. The van der Waals surface area contributed by atoms with Crippen molar-refractivity contribution < 1.29 is 9.26 Å². The fraction of sp³-hybridized carbons (Fsp3) is 0.400. The number of aromatic nitrogens is 6. The average molecular weight is 473 g/mol. The third-order valence-corrected chi connectivity index (χ3v) is 7.13. The van der Waals surface area contributed by atoms with E-state index in [1.54, 1.807) is 18.6 Å². The van der Waals surface area contributed by atoms with Crippen LogP contribution >= 0.6 is 0 Å². The molecule has 2 fully saturated rings. The van der Waals surface area contributed by atoms with Crippen molar-refractivity contribution in [2.24, 2.45) is 0 Å². The maximum absolute atomic E-state index is 5.70. The second-order valence-electron chi connectivity index (χ2n) is 9.21. The van der Waals surface area contributed by atoms with Crippen LogP contribution in [-0.2, 0) is 16.7 Å². The summed E-state index contributed by atoms with van der Waals surface area (Å²) < 4.78 is 13.1. The van der Waals surface area contributed by atoms with Gasteiger partial charge in [-0.15, -0.1) is 0 Å². The van der Waals surface area contributed by atoms with Gasteiger partial charge in [0.25, 0.3) is 5.89 Å². The van der Waals surface area contributed by atoms with Crippen molar-refractivity contribution >= 4 is 5.95 Å². The van der Waals surface area contributed by atoms with Gasteiger partial charge in [-0.05, 0) is 24.0 Å². The van der Waals surface area contributed by atoms with Gasteiger partial charge in [-0.3, -0.25) is 9.58 Å². The minimum absolute atomic E-state index is 0.218. The second-order valence-corrected chi connectivity index (χ2v) is 9.21. The maximum atomic E-state index is 5.70. The SMILES string of the molecule is Nc1ncc(-c2ccc(C3(c4noc(-c5cnn(CCN6CCOCC6)c5)n4)CCC3)cc2)cn1. The first-order valence-electron chi connectivity index (χ1n) is 12.1. The Morgan fingerprint density at radius 3 is 2.40 bits per heavy atom. The molecule has 1 saturated heterocycles. The first-order chi connectivity index (χ1) is 17.2. The summed E-state index contributed by atoms with van der Waals surface area (Å²) in [6, 6.07) is 8.46. The molecule has 2 aliphatic rings. The predicted octanol–water partition coefficient (Wildman–Crippen LogP) is 2.77. The summed E-state index contributed by atoms with van der Waals surface area (Å²) in [5.41, 5.74) is 9.41. The Morgan fingerprint density at radius 1 is 0.914 bits per heavy atom. The van der Waals surface area contributed by atoms with Gasteiger partial charge in [0.2, 0.25) is 5.95 Å². The zero-order valence-electron chi connectivity index (χ0n) is 19.5. The normalized spacial score (nSPS) is 17.8. The van der Waals surface area contributed by atoms with E-state index in [-0.39, 0.29) is 11.4 Å². The highest BCUT2D eigenvalue weighted by atomic mass is 16.5. The lowest BCUT2D eigenvalue weighted by Crippen LogP contribution is -2.38. The van der Waals surface area contributed by atoms with Gasteiger partial charge in [0.1, 0.15) is 0 Å². The van der Waals surface area contributed by atoms with Crippen molar-refractivity contribution in [2.75, 3.05) is 38.6 Å². The molecule has 0 unspecified atom stereocenters. The van der Waals surface area contributed by atoms with Crippen molar-refractivity contribution in [3.63, 3.8) is 0 Å². The summed E-state index contributed by atoms with van der Waals surface area (Å²) in [6.45, 7) is 5.30. The van der Waals surface area contributed by atoms with Crippen LogP contribution < -0.4 is 5.73 Å². The molecule has 0 atom stereocenters. The smallest absolute Gasteiger partial charge is 0.261 e. The largest absolute Gasteiger partial charge is 0.379 e. The molecule has 180 valence electrons. The lowest BCUT2D eigenvalue weighted by atomic mass is 9.64. The van der Waals surface area contributed by atoms with Gasteiger partial charge in [-0.25, -0.2) is 9.97 Å². The number of benzene rings is 1. The molecule has 0 radical (unpaired) electrons. The molecular formula is C25H28N8O2. The Kier molecular flexibility index (Phi) is 5.75. The number of nitrogens with zero attached hydrogens (tertiary/aromatic N) is 7. The molecule has 0 bridgehead atoms. The molecular weight excluding hydrogens is 444 g/mol. The van der Waals surface area contributed by atoms with Gasteiger partial charge in [0, 0.05) is 43.8 Å². The highest BCUT2D eigenvalue weighted by Gasteiger charge is 2.44. The van der Waals surface area contributed by atoms with Gasteiger partial charge in [0.05, 0.1) is 36.9 Å². The van der Waals surface area contributed by atoms with E-state index in [1.807, 2.05) is 10.9 Å². The third-order valence-electron chi connectivity index (χ3n) is 7.13. The molecule has 3 aromatic heterocycles. The van der Waals surface area contributed by atoms with Crippen LogP contribution in [0.5, 0.6) is 0 Å². The summed E-state index contributed by atoms with van der Waals surface area (Å²) >= 11 is 0. The van der Waals surface area contributed by atoms with E-state index in [1.165, 1.54) is 5.56 Å². The van der Waals surface area contributed by atoms with Crippen LogP contribution in [-0.4, -0.2) is 67.6 Å². The van der Waals surface area contributed by atoms with Crippen LogP contribution in [0.4, 0.5) is 5.95 Å². The minimum atomic E-state index is -0.218. The molecule has 1 aliphatic carbocycles. The third kappa shape index (κ3) is 4.30. The zero-order chi connectivity index (χ0) is 23.7. The fourth-order valence-electron chi connectivity index (χ4n) is 4.84. The molecule has 1 saturated carbocycles. The first kappa shape index (κ1) is 21.9. The summed E-state index contributed by atoms with van der Waals surface area (Å²) in [5.74, 6) is 1.53. The Labute approximate surface area is 203 Å². The molecule has 0 spiro atoms. The Morgan fingerprint density at radius 2 is 1.69 bits per heavy atom. The van der Waals surface area contributed by atoms with Crippen molar-refractivity contribution in [2.45, 2.75) is 31.2 Å². The van der Waals surface area contributed by atoms with Crippen LogP contribution in [0.15, 0.2) is 53.6 Å². The van der Waals surface area contributed by atoms with E-state index >= 15 is 0 Å². The molecule has 1 aliphatic heterocycles. The number of nitrogen functional groups attached to an aromatic ring is 1. The number of anilines is 1. The monoisotopic (exact) mass is 472 g/mol. The quantitative estimate of drug-likeness (QED) is 0.433. The van der Waals surface area contributed by atoms with Crippen LogP contribution in [0.25, 0.3) is 22.6 Å². The van der Waals surface area contributed by atoms with E-state index in [0.717, 1.165) is 81.2 Å². The molecule has 6 rings (SSSR count). The van der Waals surface area contributed by atoms with E-state index in [4.69, 9.17) is 20.0 Å². The second kappa shape index (κ2) is 9.20. The first-order valence-corrected chi connectivity index (χ1v) is 12.1. The van der Waals surface area contributed by atoms with E-state index in [9.17, 15) is 0 Å². The van der Waals surface area contributed by atoms with Crippen molar-refractivity contribution in [3.05, 3.63) is 60.4 Å². The number of rotatable bonds is 7. The van der Waals surface area contributed by atoms with Crippen LogP contribution in [0.3, 0.4) is 0 Å². The Balaban J connectivity index is 1.18. The molecule has 4 heterocycles. The van der Waals surface area contributed by atoms with E-state index in [0.29, 0.717) is 5.89 Å². The Hall–Kier alpha value is -3.63. The predicted molar refractivity (Wildman–Crippen MR) is 129 cm³/mol. The molecule has 0 amide bonds. The van der Waals surface area contributed by atoms with Crippen molar-refractivity contribution in [1.82, 2.24) is 34.8 Å². The lowest BCUT2D eigenvalue weighted by molar-refractivity contribution is 0.0360. The zero-order valence-corrected chi connectivity index (χ0v) is 19.5. The highest BCUT2D eigenvalue weighted by molar-refractivity contribution is 5.63. The molecule has 2 N–H and O–H groups in total. The summed E-state index contributed by atoms with van der Waals surface area (Å²) in [5, 5.41) is 8.90. The maximum Gasteiger partial charge on any atom is 0.261 e. The van der Waals surface area contributed by atoms with Crippen LogP contribution in [0.1, 0.15) is 30.7 Å². The highest BCUT2D eigenvalue weighted by Crippen LogP contribution is 2.48. The van der Waals surface area contributed by atoms with E-state index < -0.39 is 0 Å². The number of ether oxygens (including phenoxy) is 1. The molecule has 10 heteroatoms. The summed E-state index contributed by atoms with van der Waals surface area (Å²) in [7, 11) is 0. The van der Waals surface area contributed by atoms with Crippen LogP contribution in [0, 0.1) is 0 Å².